The first-order valence-corrected chi connectivity index (χ1v) is 25.5. The van der Waals surface area contributed by atoms with Crippen LogP contribution in [0.1, 0.15) is 118 Å². The molecule has 11 atom stereocenters. The largest absolute Gasteiger partial charge is 0.467 e. The van der Waals surface area contributed by atoms with Gasteiger partial charge in [-0.1, -0.05) is 52.8 Å². The molecule has 17 nitrogen and oxygen atoms in total. The standard InChI is InChI=1S/C49H67NO16Si/c1-26-31(62-42(56)37(66-67(13,14)45(7,8)9)35(30-21-18-22-59-30)50-43(57)65-44(4,5)6)24-49(58)40(63-41(55)29-19-16-15-17-20-29)38-47(12,32(53)23-33-48(38,25-60-33)64-28(3)52)39(54)36(61-27(2)51)34(26)46(49,10)11/h15-22,31-33,35-38,40,53,58H,23-25H2,1-14H3,(H,50,57)/t31-,32-,33+,35-,36+,37+,38-,40-,47+,48-,49+/m0/s1. The number of ether oxygens (including phenoxy) is 6. The number of hydrogen-bond donors (Lipinski definition) is 3. The Bertz CT molecular complexity index is 2280. The Balaban J connectivity index is 1.59. The minimum Gasteiger partial charge on any atom is -0.467 e. The average Bonchev–Trinajstić information content (AvgIpc) is 3.74. The summed E-state index contributed by atoms with van der Waals surface area (Å²) in [4.78, 5) is 85.2. The normalized spacial score (nSPS) is 31.3. The van der Waals surface area contributed by atoms with Crippen molar-refractivity contribution in [1.82, 2.24) is 5.32 Å². The van der Waals surface area contributed by atoms with Gasteiger partial charge in [-0.3, -0.25) is 14.4 Å². The van der Waals surface area contributed by atoms with Crippen molar-refractivity contribution in [2.45, 2.75) is 174 Å². The number of nitrogens with one attached hydrogen (secondary N) is 1. The maximum absolute atomic E-state index is 15.7. The number of carbonyl (C=O) groups is 6. The van der Waals surface area contributed by atoms with E-state index in [4.69, 9.17) is 37.3 Å². The summed E-state index contributed by atoms with van der Waals surface area (Å²) in [7, 11) is -2.96. The van der Waals surface area contributed by atoms with Crippen LogP contribution in [0.4, 0.5) is 4.79 Å². The zero-order valence-electron chi connectivity index (χ0n) is 41.0. The van der Waals surface area contributed by atoms with Crippen LogP contribution in [-0.4, -0.2) is 114 Å². The zero-order chi connectivity index (χ0) is 50.0. The van der Waals surface area contributed by atoms with Crippen molar-refractivity contribution >= 4 is 44.1 Å². The molecule has 2 aromatic rings. The molecule has 3 N–H and O–H groups in total. The highest BCUT2D eigenvalue weighted by Gasteiger charge is 2.78. The highest BCUT2D eigenvalue weighted by atomic mass is 28.4. The van der Waals surface area contributed by atoms with Gasteiger partial charge in [0.2, 0.25) is 0 Å². The van der Waals surface area contributed by atoms with E-state index in [1.807, 2.05) is 33.9 Å². The van der Waals surface area contributed by atoms with Crippen LogP contribution in [0.5, 0.6) is 0 Å². The first kappa shape index (κ1) is 51.5. The molecule has 1 amide bonds. The van der Waals surface area contributed by atoms with Gasteiger partial charge in [-0.05, 0) is 88.2 Å². The lowest BCUT2D eigenvalue weighted by molar-refractivity contribution is -0.346. The number of aliphatic hydroxyl groups is 2. The third-order valence-electron chi connectivity index (χ3n) is 14.7. The fourth-order valence-electron chi connectivity index (χ4n) is 10.2. The van der Waals surface area contributed by atoms with Gasteiger partial charge in [0.05, 0.1) is 35.9 Å². The number of fused-ring (bicyclic) bond motifs is 5. The van der Waals surface area contributed by atoms with Gasteiger partial charge >= 0.3 is 30.0 Å². The number of hydrogen-bond acceptors (Lipinski definition) is 16. The molecule has 2 bridgehead atoms. The predicted molar refractivity (Wildman–Crippen MR) is 241 cm³/mol. The summed E-state index contributed by atoms with van der Waals surface area (Å²) >= 11 is 0. The fraction of sp³-hybridized carbons (Fsp3) is 0.633. The van der Waals surface area contributed by atoms with Crippen LogP contribution < -0.4 is 5.32 Å². The van der Waals surface area contributed by atoms with Crippen LogP contribution >= 0.6 is 0 Å². The number of esters is 4. The lowest BCUT2D eigenvalue weighted by atomic mass is 9.44. The third-order valence-corrected chi connectivity index (χ3v) is 19.2. The second-order valence-corrected chi connectivity index (χ2v) is 26.4. The van der Waals surface area contributed by atoms with Crippen molar-refractivity contribution in [2.75, 3.05) is 6.61 Å². The third kappa shape index (κ3) is 9.23. The lowest BCUT2D eigenvalue weighted by Gasteiger charge is -2.67. The van der Waals surface area contributed by atoms with Crippen molar-refractivity contribution in [1.29, 1.82) is 0 Å². The predicted octanol–water partition coefficient (Wildman–Crippen LogP) is 6.45. The molecule has 1 aliphatic heterocycles. The smallest absolute Gasteiger partial charge is 0.408 e. The Morgan fingerprint density at radius 3 is 2.07 bits per heavy atom. The molecule has 1 aromatic heterocycles. The van der Waals surface area contributed by atoms with Gasteiger partial charge in [0.15, 0.2) is 31.9 Å². The quantitative estimate of drug-likeness (QED) is 0.0950. The molecule has 1 aromatic carbocycles. The van der Waals surface area contributed by atoms with E-state index in [1.165, 1.54) is 32.2 Å². The summed E-state index contributed by atoms with van der Waals surface area (Å²) < 4.78 is 49.2. The first-order valence-electron chi connectivity index (χ1n) is 22.6. The highest BCUT2D eigenvalue weighted by molar-refractivity contribution is 6.74. The molecule has 0 unspecified atom stereocenters. The van der Waals surface area contributed by atoms with Crippen LogP contribution in [0, 0.1) is 16.7 Å². The van der Waals surface area contributed by atoms with E-state index >= 15 is 9.59 Å². The van der Waals surface area contributed by atoms with Gasteiger partial charge in [0.25, 0.3) is 0 Å². The highest BCUT2D eigenvalue weighted by Crippen LogP contribution is 2.64. The zero-order valence-corrected chi connectivity index (χ0v) is 42.0. The molecule has 1 saturated heterocycles. The average molecular weight is 954 g/mol. The summed E-state index contributed by atoms with van der Waals surface area (Å²) in [6.07, 6.45) is -9.55. The van der Waals surface area contributed by atoms with Gasteiger partial charge in [-0.25, -0.2) is 14.4 Å². The van der Waals surface area contributed by atoms with Crippen molar-refractivity contribution in [3.8, 4) is 0 Å². The van der Waals surface area contributed by atoms with Gasteiger partial charge in [-0.15, -0.1) is 0 Å². The molecule has 4 aliphatic rings. The first-order chi connectivity index (χ1) is 30.8. The number of carbonyl (C=O) groups excluding carboxylic acids is 6. The number of ketones is 1. The number of Topliss-reactive ketones (excluding diaryl/α,β-unsaturated/α-hetero) is 1. The Hall–Kier alpha value is -4.88. The van der Waals surface area contributed by atoms with E-state index in [0.717, 1.165) is 6.92 Å². The maximum atomic E-state index is 15.7. The maximum Gasteiger partial charge on any atom is 0.408 e. The number of alkyl carbamates (subject to hydrolysis) is 1. The molecule has 18 heteroatoms. The van der Waals surface area contributed by atoms with Gasteiger partial charge in [0, 0.05) is 32.1 Å². The molecule has 3 aliphatic carbocycles. The van der Waals surface area contributed by atoms with Crippen LogP contribution in [0.3, 0.4) is 0 Å². The minimum atomic E-state index is -2.96. The van der Waals surface area contributed by atoms with Crippen molar-refractivity contribution in [2.24, 2.45) is 16.7 Å². The number of amides is 1. The Labute approximate surface area is 392 Å². The van der Waals surface area contributed by atoms with Crippen LogP contribution in [-0.2, 0) is 52.0 Å². The second kappa shape index (κ2) is 17.9. The molecule has 67 heavy (non-hydrogen) atoms. The molecule has 6 rings (SSSR count). The summed E-state index contributed by atoms with van der Waals surface area (Å²) in [5.41, 5.74) is -8.51. The van der Waals surface area contributed by atoms with Crippen molar-refractivity contribution < 1.29 is 76.2 Å². The SMILES string of the molecule is CC(=O)O[C@H]1C(=O)[C@@]2(C)[C@H]([C@H](OC(=O)c3ccccc3)[C@]3(O)C[C@H](OC(=O)[C@H](O[Si](C)(C)C(C)(C)C)[C@@H](NC(=O)OC(C)(C)C)c4ccco4)C(C)=C1C3(C)C)[C@]1(OC(C)=O)CO[C@@H]1C[C@@H]2O. The van der Waals surface area contributed by atoms with E-state index < -0.39 is 132 Å². The number of aliphatic hydroxyl groups excluding tert-OH is 1. The molecule has 3 fully saturated rings. The molecule has 0 spiro atoms. The molecular formula is C49H67NO16Si. The van der Waals surface area contributed by atoms with Gasteiger partial charge in [0.1, 0.15) is 41.3 Å². The monoisotopic (exact) mass is 953 g/mol. The van der Waals surface area contributed by atoms with Gasteiger partial charge in [-0.2, -0.15) is 0 Å². The van der Waals surface area contributed by atoms with Crippen molar-refractivity contribution in [3.05, 3.63) is 71.2 Å². The molecule has 2 heterocycles. The topological polar surface area (TPSA) is 233 Å². The number of furan rings is 1. The van der Waals surface area contributed by atoms with E-state index in [9.17, 15) is 29.4 Å². The van der Waals surface area contributed by atoms with E-state index in [1.54, 1.807) is 71.9 Å². The molecule has 2 saturated carbocycles. The number of rotatable bonds is 11. The second-order valence-electron chi connectivity index (χ2n) is 21.6. The lowest BCUT2D eigenvalue weighted by Crippen LogP contribution is -2.82. The Morgan fingerprint density at radius 2 is 1.55 bits per heavy atom. The fourth-order valence-corrected chi connectivity index (χ4v) is 11.4. The van der Waals surface area contributed by atoms with Crippen molar-refractivity contribution in [3.63, 3.8) is 0 Å². The molecule has 0 radical (unpaired) electrons. The van der Waals surface area contributed by atoms with Crippen LogP contribution in [0.25, 0.3) is 0 Å². The molecular weight excluding hydrogens is 887 g/mol. The van der Waals surface area contributed by atoms with E-state index in [-0.39, 0.29) is 35.5 Å². The van der Waals surface area contributed by atoms with Crippen LogP contribution in [0.15, 0.2) is 64.3 Å². The summed E-state index contributed by atoms with van der Waals surface area (Å²) in [5, 5.41) is 28.4. The Morgan fingerprint density at radius 1 is 0.910 bits per heavy atom. The molecule has 368 valence electrons. The number of benzene rings is 1. The summed E-state index contributed by atoms with van der Waals surface area (Å²) in [5.74, 6) is -5.86. The minimum absolute atomic E-state index is 0.0248. The van der Waals surface area contributed by atoms with E-state index in [2.05, 4.69) is 5.32 Å². The van der Waals surface area contributed by atoms with Gasteiger partial charge < -0.3 is 52.8 Å². The summed E-state index contributed by atoms with van der Waals surface area (Å²) in [6, 6.07) is 9.72. The Kier molecular flexibility index (Phi) is 13.8. The summed E-state index contributed by atoms with van der Waals surface area (Å²) in [6.45, 7) is 22.9. The van der Waals surface area contributed by atoms with Crippen LogP contribution in [0.2, 0.25) is 18.1 Å². The van der Waals surface area contributed by atoms with E-state index in [0.29, 0.717) is 0 Å².